The fraction of sp³-hybridized carbons (Fsp3) is 1.00. The van der Waals surface area contributed by atoms with Gasteiger partial charge in [-0.2, -0.15) is 0 Å². The quantitative estimate of drug-likeness (QED) is 0.602. The van der Waals surface area contributed by atoms with Gasteiger partial charge >= 0.3 is 0 Å². The third-order valence-electron chi connectivity index (χ3n) is 2.69. The van der Waals surface area contributed by atoms with Gasteiger partial charge in [0.25, 0.3) is 0 Å². The maximum absolute atomic E-state index is 5.59. The molecule has 1 rings (SSSR count). The van der Waals surface area contributed by atoms with Crippen LogP contribution in [0, 0.1) is 5.92 Å². The van der Waals surface area contributed by atoms with Gasteiger partial charge < -0.3 is 19.5 Å². The highest BCUT2D eigenvalue weighted by Crippen LogP contribution is 2.11. The number of rotatable bonds is 9. The lowest BCUT2D eigenvalue weighted by Gasteiger charge is -2.14. The molecule has 1 fully saturated rings. The monoisotopic (exact) mass is 231 g/mol. The van der Waals surface area contributed by atoms with E-state index in [9.17, 15) is 0 Å². The lowest BCUT2D eigenvalue weighted by atomic mass is 10.1. The minimum atomic E-state index is 0.401. The summed E-state index contributed by atoms with van der Waals surface area (Å²) in [6.45, 7) is 9.96. The molecule has 1 aliphatic rings. The SMILES string of the molecule is CCOCC(C)NCCOCC1CCOC1. The predicted molar refractivity (Wildman–Crippen MR) is 63.7 cm³/mol. The lowest BCUT2D eigenvalue weighted by molar-refractivity contribution is 0.0848. The number of ether oxygens (including phenoxy) is 3. The van der Waals surface area contributed by atoms with Crippen molar-refractivity contribution in [2.24, 2.45) is 5.92 Å². The Morgan fingerprint density at radius 1 is 1.44 bits per heavy atom. The second-order valence-corrected chi connectivity index (χ2v) is 4.32. The molecular formula is C12H25NO3. The van der Waals surface area contributed by atoms with Gasteiger partial charge in [0.05, 0.1) is 26.4 Å². The summed E-state index contributed by atoms with van der Waals surface area (Å²) in [6.07, 6.45) is 1.15. The zero-order chi connectivity index (χ0) is 11.6. The van der Waals surface area contributed by atoms with Crippen LogP contribution in [0.5, 0.6) is 0 Å². The minimum absolute atomic E-state index is 0.401. The van der Waals surface area contributed by atoms with Crippen molar-refractivity contribution >= 4 is 0 Å². The number of nitrogens with one attached hydrogen (secondary N) is 1. The summed E-state index contributed by atoms with van der Waals surface area (Å²) in [5.41, 5.74) is 0. The first-order chi connectivity index (χ1) is 7.83. The molecule has 4 heteroatoms. The Morgan fingerprint density at radius 2 is 2.31 bits per heavy atom. The van der Waals surface area contributed by atoms with Gasteiger partial charge in [-0.3, -0.25) is 0 Å². The average Bonchev–Trinajstić information content (AvgIpc) is 2.79. The van der Waals surface area contributed by atoms with E-state index in [4.69, 9.17) is 14.2 Å². The van der Waals surface area contributed by atoms with Crippen molar-refractivity contribution in [1.29, 1.82) is 0 Å². The van der Waals surface area contributed by atoms with Gasteiger partial charge in [0.2, 0.25) is 0 Å². The van der Waals surface area contributed by atoms with Gasteiger partial charge in [0.1, 0.15) is 0 Å². The van der Waals surface area contributed by atoms with E-state index in [0.29, 0.717) is 12.0 Å². The minimum Gasteiger partial charge on any atom is -0.381 e. The summed E-state index contributed by atoms with van der Waals surface area (Å²) in [5.74, 6) is 0.612. The van der Waals surface area contributed by atoms with Crippen LogP contribution in [0.1, 0.15) is 20.3 Å². The Labute approximate surface area is 98.6 Å². The molecule has 2 unspecified atom stereocenters. The van der Waals surface area contributed by atoms with Gasteiger partial charge in [-0.05, 0) is 20.3 Å². The number of hydrogen-bond acceptors (Lipinski definition) is 4. The third-order valence-corrected chi connectivity index (χ3v) is 2.69. The standard InChI is InChI=1S/C12H25NO3/c1-3-14-8-11(2)13-5-7-16-10-12-4-6-15-9-12/h11-13H,3-10H2,1-2H3. The topological polar surface area (TPSA) is 39.7 Å². The summed E-state index contributed by atoms with van der Waals surface area (Å²) in [7, 11) is 0. The van der Waals surface area contributed by atoms with Crippen molar-refractivity contribution in [3.8, 4) is 0 Å². The van der Waals surface area contributed by atoms with Crippen molar-refractivity contribution in [2.75, 3.05) is 46.2 Å². The molecule has 0 aromatic rings. The van der Waals surface area contributed by atoms with Crippen molar-refractivity contribution in [3.05, 3.63) is 0 Å². The number of hydrogen-bond donors (Lipinski definition) is 1. The molecule has 1 N–H and O–H groups in total. The third kappa shape index (κ3) is 6.43. The first-order valence-electron chi connectivity index (χ1n) is 6.29. The molecule has 0 aromatic carbocycles. The second kappa shape index (κ2) is 8.93. The first-order valence-corrected chi connectivity index (χ1v) is 6.29. The Balaban J connectivity index is 1.83. The molecule has 0 bridgehead atoms. The molecule has 0 radical (unpaired) electrons. The Hall–Kier alpha value is -0.160. The van der Waals surface area contributed by atoms with E-state index in [1.807, 2.05) is 6.92 Å². The van der Waals surface area contributed by atoms with Crippen molar-refractivity contribution < 1.29 is 14.2 Å². The normalized spacial score (nSPS) is 22.5. The highest BCUT2D eigenvalue weighted by atomic mass is 16.5. The highest BCUT2D eigenvalue weighted by molar-refractivity contribution is 4.63. The molecule has 4 nitrogen and oxygen atoms in total. The molecular weight excluding hydrogens is 206 g/mol. The smallest absolute Gasteiger partial charge is 0.0616 e. The van der Waals surface area contributed by atoms with Gasteiger partial charge in [0.15, 0.2) is 0 Å². The largest absolute Gasteiger partial charge is 0.381 e. The summed E-state index contributed by atoms with van der Waals surface area (Å²) < 4.78 is 16.2. The average molecular weight is 231 g/mol. The molecule has 0 amide bonds. The predicted octanol–water partition coefficient (Wildman–Crippen LogP) is 1.05. The van der Waals surface area contributed by atoms with E-state index >= 15 is 0 Å². The fourth-order valence-electron chi connectivity index (χ4n) is 1.70. The molecule has 2 atom stereocenters. The molecule has 1 aliphatic heterocycles. The molecule has 0 aromatic heterocycles. The summed E-state index contributed by atoms with van der Waals surface area (Å²) in [4.78, 5) is 0. The van der Waals surface area contributed by atoms with Gasteiger partial charge in [0, 0.05) is 31.7 Å². The maximum atomic E-state index is 5.59. The van der Waals surface area contributed by atoms with E-state index in [-0.39, 0.29) is 0 Å². The van der Waals surface area contributed by atoms with Crippen LogP contribution in [-0.4, -0.2) is 52.2 Å². The van der Waals surface area contributed by atoms with Crippen LogP contribution in [0.25, 0.3) is 0 Å². The fourth-order valence-corrected chi connectivity index (χ4v) is 1.70. The van der Waals surface area contributed by atoms with Crippen molar-refractivity contribution in [3.63, 3.8) is 0 Å². The first kappa shape index (κ1) is 13.9. The van der Waals surface area contributed by atoms with Crippen LogP contribution in [0.2, 0.25) is 0 Å². The molecule has 96 valence electrons. The highest BCUT2D eigenvalue weighted by Gasteiger charge is 2.15. The zero-order valence-corrected chi connectivity index (χ0v) is 10.5. The van der Waals surface area contributed by atoms with E-state index in [1.165, 1.54) is 0 Å². The maximum Gasteiger partial charge on any atom is 0.0616 e. The van der Waals surface area contributed by atoms with Crippen LogP contribution < -0.4 is 5.32 Å². The van der Waals surface area contributed by atoms with Crippen LogP contribution in [0.4, 0.5) is 0 Å². The van der Waals surface area contributed by atoms with E-state index < -0.39 is 0 Å². The van der Waals surface area contributed by atoms with Gasteiger partial charge in [-0.25, -0.2) is 0 Å². The molecule has 0 aliphatic carbocycles. The molecule has 16 heavy (non-hydrogen) atoms. The molecule has 1 saturated heterocycles. The second-order valence-electron chi connectivity index (χ2n) is 4.32. The summed E-state index contributed by atoms with van der Waals surface area (Å²) in [6, 6.07) is 0.401. The van der Waals surface area contributed by atoms with Gasteiger partial charge in [-0.15, -0.1) is 0 Å². The lowest BCUT2D eigenvalue weighted by Crippen LogP contribution is -2.33. The van der Waals surface area contributed by atoms with E-state index in [0.717, 1.165) is 52.6 Å². The van der Waals surface area contributed by atoms with Crippen LogP contribution in [-0.2, 0) is 14.2 Å². The van der Waals surface area contributed by atoms with Gasteiger partial charge in [-0.1, -0.05) is 0 Å². The van der Waals surface area contributed by atoms with E-state index in [2.05, 4.69) is 12.2 Å². The summed E-state index contributed by atoms with van der Waals surface area (Å²) in [5, 5.41) is 3.36. The summed E-state index contributed by atoms with van der Waals surface area (Å²) >= 11 is 0. The van der Waals surface area contributed by atoms with E-state index in [1.54, 1.807) is 0 Å². The Morgan fingerprint density at radius 3 is 3.00 bits per heavy atom. The van der Waals surface area contributed by atoms with Crippen LogP contribution >= 0.6 is 0 Å². The van der Waals surface area contributed by atoms with Crippen molar-refractivity contribution in [1.82, 2.24) is 5.32 Å². The molecule has 0 spiro atoms. The van der Waals surface area contributed by atoms with Crippen molar-refractivity contribution in [2.45, 2.75) is 26.3 Å². The zero-order valence-electron chi connectivity index (χ0n) is 10.5. The Kier molecular flexibility index (Phi) is 7.76. The molecule has 0 saturated carbocycles. The van der Waals surface area contributed by atoms with Crippen LogP contribution in [0.15, 0.2) is 0 Å². The van der Waals surface area contributed by atoms with Crippen LogP contribution in [0.3, 0.4) is 0 Å². The molecule has 1 heterocycles. The Bertz CT molecular complexity index is 160.